The molecule has 3 aromatic heterocycles. The minimum absolute atomic E-state index is 0.126. The molecule has 0 aliphatic rings. The van der Waals surface area contributed by atoms with Crippen LogP contribution in [0.3, 0.4) is 0 Å². The summed E-state index contributed by atoms with van der Waals surface area (Å²) in [5, 5.41) is 21.8. The molecule has 0 fully saturated rings. The molecule has 2 amide bonds. The highest BCUT2D eigenvalue weighted by atomic mass is 127. The first-order chi connectivity index (χ1) is 36.9. The fourth-order valence-electron chi connectivity index (χ4n) is 7.68. The van der Waals surface area contributed by atoms with E-state index in [9.17, 15) is 28.8 Å². The standard InChI is InChI=1S/C19H17IN4O3.C19H18N4O3.C18H15N3O3/c1-11-6-7-13(19(26)23-27-2)9-16(11)24-18(21)15(10-22-24)17(25)12-4-3-5-14(20)8-12;1-12-8-9-14(19(25)22-26-2)10-16(12)23-18(20)15(11-21-23)17(24)13-6-4-3-5-7-13;1-11-7-8-13(18(23)24)9-15(11)21-17(19)14(10-20-21)16(22)12-5-3-2-4-6-12/h3-10H,21H2,1-2H3,(H,23,26);3-11H,20H2,1-2H3,(H,22,25);2-10H,19H2,1H3,(H,23,24). The van der Waals surface area contributed by atoms with Crippen molar-refractivity contribution in [1.82, 2.24) is 40.3 Å². The zero-order valence-corrected chi connectivity index (χ0v) is 44.2. The van der Waals surface area contributed by atoms with E-state index in [0.29, 0.717) is 56.0 Å². The zero-order valence-electron chi connectivity index (χ0n) is 42.0. The number of carbonyl (C=O) groups is 6. The number of aromatic carboxylic acids is 1. The van der Waals surface area contributed by atoms with Gasteiger partial charge in [0, 0.05) is 31.4 Å². The largest absolute Gasteiger partial charge is 0.478 e. The van der Waals surface area contributed by atoms with Crippen molar-refractivity contribution in [3.63, 3.8) is 0 Å². The molecule has 0 atom stereocenters. The number of benzene rings is 6. The van der Waals surface area contributed by atoms with Crippen LogP contribution in [0.1, 0.15) is 95.5 Å². The molecule has 0 aliphatic carbocycles. The van der Waals surface area contributed by atoms with Crippen LogP contribution in [0.15, 0.2) is 158 Å². The third-order valence-corrected chi connectivity index (χ3v) is 12.5. The first kappa shape index (κ1) is 55.2. The second-order valence-corrected chi connectivity index (χ2v) is 18.1. The minimum Gasteiger partial charge on any atom is -0.478 e. The summed E-state index contributed by atoms with van der Waals surface area (Å²) in [5.41, 5.74) is 30.7. The number of hydrogen-bond acceptors (Lipinski definition) is 14. The molecule has 390 valence electrons. The van der Waals surface area contributed by atoms with Crippen LogP contribution in [-0.4, -0.2) is 83.8 Å². The van der Waals surface area contributed by atoms with Crippen molar-refractivity contribution in [2.75, 3.05) is 31.4 Å². The predicted octanol–water partition coefficient (Wildman–Crippen LogP) is 7.87. The molecular weight excluding hydrogens is 1100 g/mol. The van der Waals surface area contributed by atoms with E-state index in [4.69, 9.17) is 22.3 Å². The molecule has 20 nitrogen and oxygen atoms in total. The lowest BCUT2D eigenvalue weighted by Crippen LogP contribution is -2.22. The van der Waals surface area contributed by atoms with Gasteiger partial charge in [0.1, 0.15) is 17.5 Å². The summed E-state index contributed by atoms with van der Waals surface area (Å²) in [6.45, 7) is 5.56. The highest BCUT2D eigenvalue weighted by Crippen LogP contribution is 2.27. The number of aromatic nitrogens is 6. The van der Waals surface area contributed by atoms with E-state index in [0.717, 1.165) is 20.3 Å². The highest BCUT2D eigenvalue weighted by Gasteiger charge is 2.23. The van der Waals surface area contributed by atoms with Crippen LogP contribution in [0.5, 0.6) is 0 Å². The topological polar surface area (TPSA) is 297 Å². The maximum atomic E-state index is 12.8. The van der Waals surface area contributed by atoms with Gasteiger partial charge in [-0.25, -0.2) is 29.8 Å². The monoisotopic (exact) mass is 1150 g/mol. The van der Waals surface area contributed by atoms with Crippen LogP contribution in [0.2, 0.25) is 0 Å². The number of rotatable bonds is 14. The van der Waals surface area contributed by atoms with E-state index < -0.39 is 5.97 Å². The lowest BCUT2D eigenvalue weighted by Gasteiger charge is -2.11. The third-order valence-electron chi connectivity index (χ3n) is 11.8. The van der Waals surface area contributed by atoms with Gasteiger partial charge in [0.15, 0.2) is 17.3 Å². The number of nitrogens with two attached hydrogens (primary N) is 3. The van der Waals surface area contributed by atoms with Gasteiger partial charge in [-0.1, -0.05) is 91.0 Å². The lowest BCUT2D eigenvalue weighted by molar-refractivity contribution is 0.0533. The van der Waals surface area contributed by atoms with Crippen molar-refractivity contribution in [1.29, 1.82) is 0 Å². The van der Waals surface area contributed by atoms with E-state index in [-0.39, 0.29) is 57.7 Å². The predicted molar refractivity (Wildman–Crippen MR) is 296 cm³/mol. The number of nitrogen functional groups attached to an aromatic ring is 3. The van der Waals surface area contributed by atoms with Crippen LogP contribution >= 0.6 is 22.6 Å². The molecule has 0 radical (unpaired) electrons. The summed E-state index contributed by atoms with van der Waals surface area (Å²) in [4.78, 5) is 82.4. The molecule has 21 heteroatoms. The fourth-order valence-corrected chi connectivity index (χ4v) is 8.22. The number of hydroxylamine groups is 2. The quantitative estimate of drug-likeness (QED) is 0.0343. The maximum absolute atomic E-state index is 12.8. The number of aryl methyl sites for hydroxylation is 3. The Kier molecular flexibility index (Phi) is 17.7. The van der Waals surface area contributed by atoms with Gasteiger partial charge in [0.2, 0.25) is 0 Å². The van der Waals surface area contributed by atoms with Crippen molar-refractivity contribution in [3.05, 3.63) is 228 Å². The first-order valence-electron chi connectivity index (χ1n) is 23.2. The number of amides is 2. The SMILES string of the molecule is CONC(=O)c1ccc(C)c(-n2ncc(C(=O)c3cccc(I)c3)c2N)c1.CONC(=O)c1ccc(C)c(-n2ncc(C(=O)c3ccccc3)c2N)c1.Cc1ccc(C(=O)O)cc1-n1ncc(C(=O)c2ccccc2)c1N. The number of hydrogen-bond donors (Lipinski definition) is 6. The number of carboxylic acids is 1. The van der Waals surface area contributed by atoms with Gasteiger partial charge in [0.05, 0.1) is 72.1 Å². The minimum atomic E-state index is -1.04. The average molecular weight is 1150 g/mol. The Bertz CT molecular complexity index is 3690. The molecule has 0 bridgehead atoms. The lowest BCUT2D eigenvalue weighted by atomic mass is 10.1. The van der Waals surface area contributed by atoms with Gasteiger partial charge in [-0.15, -0.1) is 0 Å². The maximum Gasteiger partial charge on any atom is 0.335 e. The molecule has 9 rings (SSSR count). The number of ketones is 3. The van der Waals surface area contributed by atoms with Crippen molar-refractivity contribution in [3.8, 4) is 17.1 Å². The molecule has 0 saturated carbocycles. The van der Waals surface area contributed by atoms with Gasteiger partial charge in [-0.2, -0.15) is 15.3 Å². The molecule has 0 spiro atoms. The van der Waals surface area contributed by atoms with Crippen LogP contribution in [0.4, 0.5) is 17.5 Å². The first-order valence-corrected chi connectivity index (χ1v) is 24.2. The van der Waals surface area contributed by atoms with Crippen molar-refractivity contribution in [2.24, 2.45) is 0 Å². The van der Waals surface area contributed by atoms with Crippen molar-refractivity contribution >= 4 is 75.2 Å². The molecular formula is C56H50IN11O9. The summed E-state index contributed by atoms with van der Waals surface area (Å²) < 4.78 is 5.25. The van der Waals surface area contributed by atoms with Crippen molar-refractivity contribution in [2.45, 2.75) is 20.8 Å². The summed E-state index contributed by atoms with van der Waals surface area (Å²) in [6, 6.07) is 39.7. The molecule has 3 heterocycles. The van der Waals surface area contributed by atoms with Crippen LogP contribution < -0.4 is 28.2 Å². The summed E-state index contributed by atoms with van der Waals surface area (Å²) in [5.74, 6) is -1.86. The Labute approximate surface area is 454 Å². The number of anilines is 3. The third kappa shape index (κ3) is 12.5. The van der Waals surface area contributed by atoms with Gasteiger partial charge in [-0.05, 0) is 109 Å². The number of nitrogens with one attached hydrogen (secondary N) is 2. The van der Waals surface area contributed by atoms with Gasteiger partial charge in [-0.3, -0.25) is 33.6 Å². The zero-order chi connectivity index (χ0) is 55.5. The Morgan fingerprint density at radius 1 is 0.455 bits per heavy atom. The molecule has 9 aromatic rings. The van der Waals surface area contributed by atoms with Crippen LogP contribution in [-0.2, 0) is 9.68 Å². The Balaban J connectivity index is 0.000000168. The second kappa shape index (κ2) is 24.6. The number of carboxylic acid groups (broad SMARTS) is 1. The Hall–Kier alpha value is -9.58. The summed E-state index contributed by atoms with van der Waals surface area (Å²) in [6.07, 6.45) is 4.28. The number of nitrogens with zero attached hydrogens (tertiary/aromatic N) is 6. The van der Waals surface area contributed by atoms with Crippen LogP contribution in [0.25, 0.3) is 17.1 Å². The van der Waals surface area contributed by atoms with Gasteiger partial charge < -0.3 is 22.3 Å². The summed E-state index contributed by atoms with van der Waals surface area (Å²) >= 11 is 2.15. The molecule has 0 aliphatic heterocycles. The summed E-state index contributed by atoms with van der Waals surface area (Å²) in [7, 11) is 2.72. The average Bonchev–Trinajstić information content (AvgIpc) is 4.16. The van der Waals surface area contributed by atoms with Gasteiger partial charge in [0.25, 0.3) is 11.8 Å². The van der Waals surface area contributed by atoms with E-state index in [1.165, 1.54) is 59.0 Å². The fraction of sp³-hybridized carbons (Fsp3) is 0.0893. The number of halogens is 1. The van der Waals surface area contributed by atoms with Crippen LogP contribution in [0, 0.1) is 24.3 Å². The smallest absolute Gasteiger partial charge is 0.335 e. The molecule has 0 unspecified atom stereocenters. The van der Waals surface area contributed by atoms with E-state index in [1.807, 2.05) is 45.0 Å². The molecule has 6 aromatic carbocycles. The van der Waals surface area contributed by atoms with E-state index >= 15 is 0 Å². The Morgan fingerprint density at radius 3 is 1.14 bits per heavy atom. The molecule has 77 heavy (non-hydrogen) atoms. The number of carbonyl (C=O) groups excluding carboxylic acids is 5. The molecule has 0 saturated heterocycles. The Morgan fingerprint density at radius 2 is 0.792 bits per heavy atom. The van der Waals surface area contributed by atoms with Crippen molar-refractivity contribution < 1.29 is 43.5 Å². The van der Waals surface area contributed by atoms with E-state index in [1.54, 1.807) is 103 Å². The van der Waals surface area contributed by atoms with E-state index in [2.05, 4.69) is 58.5 Å². The second-order valence-electron chi connectivity index (χ2n) is 16.9. The molecule has 9 N–H and O–H groups in total. The normalized spacial score (nSPS) is 10.6. The highest BCUT2D eigenvalue weighted by molar-refractivity contribution is 14.1. The van der Waals surface area contributed by atoms with Gasteiger partial charge >= 0.3 is 5.97 Å².